The fourth-order valence-corrected chi connectivity index (χ4v) is 3.07. The summed E-state index contributed by atoms with van der Waals surface area (Å²) in [5.41, 5.74) is 1.47. The highest BCUT2D eigenvalue weighted by Gasteiger charge is 2.21. The summed E-state index contributed by atoms with van der Waals surface area (Å²) in [6.07, 6.45) is 1.29. The van der Waals surface area contributed by atoms with Gasteiger partial charge in [0.1, 0.15) is 5.00 Å². The highest BCUT2D eigenvalue weighted by Crippen LogP contribution is 2.32. The molecule has 0 aliphatic rings. The van der Waals surface area contributed by atoms with Crippen LogP contribution in [0, 0.1) is 19.8 Å². The number of thiophene rings is 1. The third-order valence-corrected chi connectivity index (χ3v) is 4.66. The van der Waals surface area contributed by atoms with Crippen LogP contribution in [0.15, 0.2) is 17.2 Å². The fourth-order valence-electron chi connectivity index (χ4n) is 2.01. The van der Waals surface area contributed by atoms with E-state index in [1.165, 1.54) is 23.7 Å². The number of H-pyrrole nitrogens is 1. The minimum Gasteiger partial charge on any atom is -0.346 e. The van der Waals surface area contributed by atoms with Crippen LogP contribution in [0.2, 0.25) is 0 Å². The lowest BCUT2D eigenvalue weighted by Crippen LogP contribution is -2.26. The predicted molar refractivity (Wildman–Crippen MR) is 93.3 cm³/mol. The summed E-state index contributed by atoms with van der Waals surface area (Å²) >= 11 is 1.38. The first-order valence-electron chi connectivity index (χ1n) is 7.52. The van der Waals surface area contributed by atoms with Gasteiger partial charge in [0, 0.05) is 16.9 Å². The topological polar surface area (TPSA) is 104 Å². The minimum absolute atomic E-state index is 0.134. The summed E-state index contributed by atoms with van der Waals surface area (Å²) in [4.78, 5) is 43.1. The Bertz CT molecular complexity index is 823. The molecule has 8 heteroatoms. The monoisotopic (exact) mass is 348 g/mol. The van der Waals surface area contributed by atoms with Crippen LogP contribution in [-0.4, -0.2) is 21.8 Å². The van der Waals surface area contributed by atoms with Gasteiger partial charge in [-0.05, 0) is 19.4 Å². The molecule has 2 heterocycles. The van der Waals surface area contributed by atoms with E-state index < -0.39 is 0 Å². The smallest absolute Gasteiger partial charge is 0.254 e. The van der Waals surface area contributed by atoms with E-state index >= 15 is 0 Å². The number of hydrogen-bond donors (Lipinski definition) is 3. The Balaban J connectivity index is 2.19. The molecule has 2 aromatic heterocycles. The molecule has 2 rings (SSSR count). The van der Waals surface area contributed by atoms with Crippen molar-refractivity contribution in [3.8, 4) is 0 Å². The molecule has 128 valence electrons. The third kappa shape index (κ3) is 4.08. The molecule has 0 radical (unpaired) electrons. The normalized spacial score (nSPS) is 10.7. The van der Waals surface area contributed by atoms with Gasteiger partial charge in [-0.25, -0.2) is 4.98 Å². The van der Waals surface area contributed by atoms with Crippen LogP contribution in [0.3, 0.4) is 0 Å². The zero-order chi connectivity index (χ0) is 17.9. The Kier molecular flexibility index (Phi) is 5.50. The summed E-state index contributed by atoms with van der Waals surface area (Å²) in [5, 5.41) is 6.09. The number of rotatable bonds is 5. The fraction of sp³-hybridized carbons (Fsp3) is 0.375. The maximum atomic E-state index is 12.5. The summed E-state index contributed by atoms with van der Waals surface area (Å²) < 4.78 is 0. The van der Waals surface area contributed by atoms with Gasteiger partial charge < -0.3 is 15.6 Å². The van der Waals surface area contributed by atoms with E-state index in [1.807, 2.05) is 13.8 Å². The molecule has 3 N–H and O–H groups in total. The van der Waals surface area contributed by atoms with Gasteiger partial charge in [0.25, 0.3) is 11.5 Å². The molecule has 0 saturated carbocycles. The Morgan fingerprint density at radius 1 is 1.33 bits per heavy atom. The van der Waals surface area contributed by atoms with Crippen LogP contribution < -0.4 is 16.2 Å². The lowest BCUT2D eigenvalue weighted by atomic mass is 10.1. The molecular formula is C16H20N4O3S. The molecule has 2 amide bonds. The summed E-state index contributed by atoms with van der Waals surface area (Å²) in [6, 6.07) is 1.33. The van der Waals surface area contributed by atoms with Crippen LogP contribution >= 0.6 is 11.3 Å². The summed E-state index contributed by atoms with van der Waals surface area (Å²) in [7, 11) is 0. The summed E-state index contributed by atoms with van der Waals surface area (Å²) in [5.74, 6) is -0.622. The van der Waals surface area contributed by atoms with Gasteiger partial charge in [-0.2, -0.15) is 0 Å². The van der Waals surface area contributed by atoms with Crippen molar-refractivity contribution in [2.45, 2.75) is 34.2 Å². The van der Waals surface area contributed by atoms with Crippen molar-refractivity contribution in [3.63, 3.8) is 0 Å². The van der Waals surface area contributed by atoms with Crippen molar-refractivity contribution >= 4 is 28.2 Å². The maximum absolute atomic E-state index is 12.5. The van der Waals surface area contributed by atoms with E-state index in [9.17, 15) is 14.4 Å². The number of carbonyl (C=O) groups is 2. The number of amides is 2. The van der Waals surface area contributed by atoms with E-state index in [0.717, 1.165) is 10.4 Å². The van der Waals surface area contributed by atoms with Gasteiger partial charge in [-0.15, -0.1) is 11.3 Å². The molecule has 0 spiro atoms. The number of aromatic nitrogens is 2. The average Bonchev–Trinajstić information content (AvgIpc) is 2.79. The van der Waals surface area contributed by atoms with Crippen molar-refractivity contribution in [1.82, 2.24) is 15.3 Å². The van der Waals surface area contributed by atoms with Gasteiger partial charge in [0.2, 0.25) is 5.91 Å². The number of nitrogens with zero attached hydrogens (tertiary/aromatic N) is 1. The number of carbonyl (C=O) groups excluding carboxylic acids is 2. The van der Waals surface area contributed by atoms with Crippen molar-refractivity contribution in [2.24, 2.45) is 5.92 Å². The second kappa shape index (κ2) is 7.39. The highest BCUT2D eigenvalue weighted by atomic mass is 32.1. The van der Waals surface area contributed by atoms with E-state index in [4.69, 9.17) is 0 Å². The molecular weight excluding hydrogens is 328 g/mol. The van der Waals surface area contributed by atoms with Crippen LogP contribution in [0.1, 0.15) is 40.3 Å². The SMILES string of the molecule is Cc1sc(NC(=O)C(C)C)c(C(=O)NCc2cc(=O)[nH]cn2)c1C. The zero-order valence-electron chi connectivity index (χ0n) is 14.0. The largest absolute Gasteiger partial charge is 0.346 e. The molecule has 0 aliphatic carbocycles. The molecule has 0 saturated heterocycles. The van der Waals surface area contributed by atoms with Gasteiger partial charge in [0.05, 0.1) is 24.1 Å². The quantitative estimate of drug-likeness (QED) is 0.768. The van der Waals surface area contributed by atoms with Crippen molar-refractivity contribution < 1.29 is 9.59 Å². The number of aromatic amines is 1. The first kappa shape index (κ1) is 17.9. The van der Waals surface area contributed by atoms with E-state index in [2.05, 4.69) is 20.6 Å². The number of nitrogens with one attached hydrogen (secondary N) is 3. The Morgan fingerprint density at radius 3 is 2.67 bits per heavy atom. The maximum Gasteiger partial charge on any atom is 0.254 e. The van der Waals surface area contributed by atoms with Crippen LogP contribution in [-0.2, 0) is 11.3 Å². The van der Waals surface area contributed by atoms with Gasteiger partial charge in [-0.1, -0.05) is 13.8 Å². The molecule has 0 fully saturated rings. The van der Waals surface area contributed by atoms with Crippen LogP contribution in [0.25, 0.3) is 0 Å². The minimum atomic E-state index is -0.307. The predicted octanol–water partition coefficient (Wildman–Crippen LogP) is 1.97. The van der Waals surface area contributed by atoms with E-state index in [0.29, 0.717) is 16.3 Å². The van der Waals surface area contributed by atoms with Crippen LogP contribution in [0.4, 0.5) is 5.00 Å². The molecule has 24 heavy (non-hydrogen) atoms. The number of anilines is 1. The number of aryl methyl sites for hydroxylation is 1. The molecule has 2 aromatic rings. The van der Waals surface area contributed by atoms with Gasteiger partial charge >= 0.3 is 0 Å². The molecule has 0 unspecified atom stereocenters. The van der Waals surface area contributed by atoms with Crippen molar-refractivity contribution in [1.29, 1.82) is 0 Å². The van der Waals surface area contributed by atoms with Crippen LogP contribution in [0.5, 0.6) is 0 Å². The molecule has 7 nitrogen and oxygen atoms in total. The van der Waals surface area contributed by atoms with Crippen molar-refractivity contribution in [3.05, 3.63) is 44.4 Å². The van der Waals surface area contributed by atoms with E-state index in [1.54, 1.807) is 13.8 Å². The first-order valence-corrected chi connectivity index (χ1v) is 8.34. The summed E-state index contributed by atoms with van der Waals surface area (Å²) in [6.45, 7) is 7.47. The van der Waals surface area contributed by atoms with Gasteiger partial charge in [-0.3, -0.25) is 14.4 Å². The second-order valence-corrected chi connectivity index (χ2v) is 6.94. The molecule has 0 aromatic carbocycles. The molecule has 0 aliphatic heterocycles. The zero-order valence-corrected chi connectivity index (χ0v) is 14.8. The standard InChI is InChI=1S/C16H20N4O3S/c1-8(2)14(22)20-16-13(9(3)10(4)24-16)15(23)17-6-11-5-12(21)19-7-18-11/h5,7-8H,6H2,1-4H3,(H,17,23)(H,20,22)(H,18,19,21). The van der Waals surface area contributed by atoms with Crippen molar-refractivity contribution in [2.75, 3.05) is 5.32 Å². The molecule has 0 atom stereocenters. The molecule has 0 bridgehead atoms. The second-order valence-electron chi connectivity index (χ2n) is 5.72. The van der Waals surface area contributed by atoms with E-state index in [-0.39, 0.29) is 29.8 Å². The third-order valence-electron chi connectivity index (χ3n) is 3.54. The lowest BCUT2D eigenvalue weighted by Gasteiger charge is -2.10. The lowest BCUT2D eigenvalue weighted by molar-refractivity contribution is -0.118. The Morgan fingerprint density at radius 2 is 2.04 bits per heavy atom. The average molecular weight is 348 g/mol. The first-order chi connectivity index (χ1) is 11.3. The van der Waals surface area contributed by atoms with Gasteiger partial charge in [0.15, 0.2) is 0 Å². The highest BCUT2D eigenvalue weighted by molar-refractivity contribution is 7.16. The number of hydrogen-bond acceptors (Lipinski definition) is 5. The Hall–Kier alpha value is -2.48. The Labute approximate surface area is 143 Å².